The molecule has 0 heterocycles. The van der Waals surface area contributed by atoms with Crippen LogP contribution in [0.3, 0.4) is 0 Å². The van der Waals surface area contributed by atoms with Crippen molar-refractivity contribution in [2.75, 3.05) is 26.3 Å². The maximum Gasteiger partial charge on any atom is 0.243 e. The van der Waals surface area contributed by atoms with Gasteiger partial charge in [0.1, 0.15) is 12.4 Å². The van der Waals surface area contributed by atoms with Crippen molar-refractivity contribution < 1.29 is 18.3 Å². The molecule has 1 aromatic carbocycles. The second kappa shape index (κ2) is 7.24. The predicted octanol–water partition coefficient (Wildman–Crippen LogP) is 1.87. The molecule has 0 bridgehead atoms. The lowest BCUT2D eigenvalue weighted by molar-refractivity contribution is 0.201. The number of hydrogen-bond acceptors (Lipinski definition) is 4. The zero-order valence-corrected chi connectivity index (χ0v) is 13.2. The Morgan fingerprint density at radius 2 is 1.95 bits per heavy atom. The van der Waals surface area contributed by atoms with Gasteiger partial charge in [0.2, 0.25) is 10.0 Å². The van der Waals surface area contributed by atoms with Crippen LogP contribution in [0.15, 0.2) is 29.2 Å². The van der Waals surface area contributed by atoms with Crippen LogP contribution in [0.5, 0.6) is 5.75 Å². The Kier molecular flexibility index (Phi) is 5.61. The summed E-state index contributed by atoms with van der Waals surface area (Å²) in [6.07, 6.45) is 3.07. The summed E-state index contributed by atoms with van der Waals surface area (Å²) in [6.45, 7) is 3.31. The summed E-state index contributed by atoms with van der Waals surface area (Å²) in [5.41, 5.74) is 0. The van der Waals surface area contributed by atoms with Gasteiger partial charge in [0, 0.05) is 13.1 Å². The second-order valence-corrected chi connectivity index (χ2v) is 7.29. The van der Waals surface area contributed by atoms with E-state index >= 15 is 0 Å². The van der Waals surface area contributed by atoms with Crippen molar-refractivity contribution in [3.8, 4) is 5.75 Å². The normalized spacial score (nSPS) is 15.4. The van der Waals surface area contributed by atoms with Crippen molar-refractivity contribution >= 4 is 10.0 Å². The van der Waals surface area contributed by atoms with Gasteiger partial charge in [0.15, 0.2) is 0 Å². The molecule has 1 aromatic rings. The van der Waals surface area contributed by atoms with Crippen LogP contribution in [-0.2, 0) is 10.0 Å². The summed E-state index contributed by atoms with van der Waals surface area (Å²) in [6, 6.07) is 6.39. The third-order valence-electron chi connectivity index (χ3n) is 3.45. The highest BCUT2D eigenvalue weighted by atomic mass is 32.2. The summed E-state index contributed by atoms with van der Waals surface area (Å²) in [7, 11) is -3.43. The molecule has 1 aliphatic rings. The Balaban J connectivity index is 2.12. The lowest BCUT2D eigenvalue weighted by Crippen LogP contribution is -2.33. The van der Waals surface area contributed by atoms with E-state index in [1.54, 1.807) is 28.6 Å². The first-order valence-corrected chi connectivity index (χ1v) is 8.85. The van der Waals surface area contributed by atoms with Crippen molar-refractivity contribution in [2.45, 2.75) is 31.1 Å². The molecule has 1 fully saturated rings. The lowest BCUT2D eigenvalue weighted by Gasteiger charge is -2.21. The molecule has 21 heavy (non-hydrogen) atoms. The highest BCUT2D eigenvalue weighted by Crippen LogP contribution is 2.32. The smallest absolute Gasteiger partial charge is 0.243 e. The quantitative estimate of drug-likeness (QED) is 0.756. The first kappa shape index (κ1) is 16.3. The molecule has 5 nitrogen and oxygen atoms in total. The number of nitrogens with zero attached hydrogens (tertiary/aromatic N) is 1. The van der Waals surface area contributed by atoms with Crippen LogP contribution < -0.4 is 4.74 Å². The van der Waals surface area contributed by atoms with E-state index < -0.39 is 10.0 Å². The number of rotatable bonds is 9. The molecule has 0 spiro atoms. The zero-order valence-electron chi connectivity index (χ0n) is 12.4. The van der Waals surface area contributed by atoms with Crippen molar-refractivity contribution in [3.63, 3.8) is 0 Å². The minimum absolute atomic E-state index is 0.0638. The molecule has 118 valence electrons. The van der Waals surface area contributed by atoms with Gasteiger partial charge in [-0.3, -0.25) is 0 Å². The Morgan fingerprint density at radius 1 is 1.29 bits per heavy atom. The molecule has 0 aromatic heterocycles. The highest BCUT2D eigenvalue weighted by molar-refractivity contribution is 7.89. The van der Waals surface area contributed by atoms with E-state index in [1.807, 2.05) is 6.92 Å². The Hall–Kier alpha value is -1.11. The number of benzene rings is 1. The van der Waals surface area contributed by atoms with E-state index in [2.05, 4.69) is 0 Å². The van der Waals surface area contributed by atoms with Gasteiger partial charge < -0.3 is 9.84 Å². The minimum Gasteiger partial charge on any atom is -0.491 e. The molecule has 0 radical (unpaired) electrons. The molecule has 1 aliphatic carbocycles. The standard InChI is InChI=1S/C15H23NO4S/c1-2-9-16(12-13-3-4-13)21(18,19)15-7-5-14(6-8-15)20-11-10-17/h5-8,13,17H,2-4,9-12H2,1H3. The first-order valence-electron chi connectivity index (χ1n) is 7.41. The van der Waals surface area contributed by atoms with Crippen molar-refractivity contribution in [1.82, 2.24) is 4.31 Å². The molecule has 2 rings (SSSR count). The minimum atomic E-state index is -3.43. The zero-order chi connectivity index (χ0) is 15.3. The summed E-state index contributed by atoms with van der Waals surface area (Å²) < 4.78 is 32.2. The summed E-state index contributed by atoms with van der Waals surface area (Å²) in [5, 5.41) is 8.71. The third kappa shape index (κ3) is 4.43. The predicted molar refractivity (Wildman–Crippen MR) is 80.8 cm³/mol. The van der Waals surface area contributed by atoms with E-state index in [9.17, 15) is 8.42 Å². The van der Waals surface area contributed by atoms with Crippen LogP contribution in [0, 0.1) is 5.92 Å². The fourth-order valence-electron chi connectivity index (χ4n) is 2.17. The van der Waals surface area contributed by atoms with Crippen molar-refractivity contribution in [3.05, 3.63) is 24.3 Å². The molecule has 0 amide bonds. The average molecular weight is 313 g/mol. The van der Waals surface area contributed by atoms with Gasteiger partial charge >= 0.3 is 0 Å². The molecule has 1 N–H and O–H groups in total. The van der Waals surface area contributed by atoms with E-state index in [0.717, 1.165) is 19.3 Å². The summed E-state index contributed by atoms with van der Waals surface area (Å²) >= 11 is 0. The van der Waals surface area contributed by atoms with Gasteiger partial charge in [-0.25, -0.2) is 8.42 Å². The molecule has 0 saturated heterocycles. The van der Waals surface area contributed by atoms with E-state index in [4.69, 9.17) is 9.84 Å². The van der Waals surface area contributed by atoms with Gasteiger partial charge in [-0.1, -0.05) is 6.92 Å². The van der Waals surface area contributed by atoms with Gasteiger partial charge in [0.25, 0.3) is 0 Å². The molecule has 1 saturated carbocycles. The Bertz CT molecular complexity index is 537. The Morgan fingerprint density at radius 3 is 2.48 bits per heavy atom. The summed E-state index contributed by atoms with van der Waals surface area (Å²) in [4.78, 5) is 0.299. The summed E-state index contributed by atoms with van der Waals surface area (Å²) in [5.74, 6) is 1.09. The fourth-order valence-corrected chi connectivity index (χ4v) is 3.78. The van der Waals surface area contributed by atoms with E-state index in [1.165, 1.54) is 0 Å². The lowest BCUT2D eigenvalue weighted by atomic mass is 10.3. The van der Waals surface area contributed by atoms with Crippen LogP contribution >= 0.6 is 0 Å². The van der Waals surface area contributed by atoms with E-state index in [0.29, 0.717) is 29.7 Å². The van der Waals surface area contributed by atoms with Gasteiger partial charge in [-0.15, -0.1) is 0 Å². The number of sulfonamides is 1. The first-order chi connectivity index (χ1) is 10.1. The monoisotopic (exact) mass is 313 g/mol. The van der Waals surface area contributed by atoms with E-state index in [-0.39, 0.29) is 13.2 Å². The van der Waals surface area contributed by atoms with Crippen molar-refractivity contribution in [2.24, 2.45) is 5.92 Å². The van der Waals surface area contributed by atoms with Crippen molar-refractivity contribution in [1.29, 1.82) is 0 Å². The van der Waals surface area contributed by atoms with Gasteiger partial charge in [-0.2, -0.15) is 4.31 Å². The van der Waals surface area contributed by atoms with Crippen LogP contribution in [0.4, 0.5) is 0 Å². The van der Waals surface area contributed by atoms with Crippen LogP contribution in [0.25, 0.3) is 0 Å². The molecular weight excluding hydrogens is 290 g/mol. The topological polar surface area (TPSA) is 66.8 Å². The fraction of sp³-hybridized carbons (Fsp3) is 0.600. The van der Waals surface area contributed by atoms with Crippen LogP contribution in [0.1, 0.15) is 26.2 Å². The van der Waals surface area contributed by atoms with Crippen LogP contribution in [-0.4, -0.2) is 44.1 Å². The number of ether oxygens (including phenoxy) is 1. The number of hydrogen-bond donors (Lipinski definition) is 1. The maximum absolute atomic E-state index is 12.7. The molecule has 0 aliphatic heterocycles. The average Bonchev–Trinajstić information content (AvgIpc) is 3.29. The number of aliphatic hydroxyl groups is 1. The second-order valence-electron chi connectivity index (χ2n) is 5.35. The third-order valence-corrected chi connectivity index (χ3v) is 5.33. The Labute approximate surface area is 126 Å². The molecule has 0 unspecified atom stereocenters. The molecule has 6 heteroatoms. The maximum atomic E-state index is 12.7. The molecule has 0 atom stereocenters. The van der Waals surface area contributed by atoms with Crippen LogP contribution in [0.2, 0.25) is 0 Å². The van der Waals surface area contributed by atoms with Gasteiger partial charge in [0.05, 0.1) is 11.5 Å². The highest BCUT2D eigenvalue weighted by Gasteiger charge is 2.31. The van der Waals surface area contributed by atoms with Gasteiger partial charge in [-0.05, 0) is 49.4 Å². The SMILES string of the molecule is CCCN(CC1CC1)S(=O)(=O)c1ccc(OCCO)cc1. The largest absolute Gasteiger partial charge is 0.491 e. The number of aliphatic hydroxyl groups excluding tert-OH is 1. The molecular formula is C15H23NO4S.